The summed E-state index contributed by atoms with van der Waals surface area (Å²) in [6.07, 6.45) is 4.41. The highest BCUT2D eigenvalue weighted by Gasteiger charge is 2.40. The predicted molar refractivity (Wildman–Crippen MR) is 137 cm³/mol. The van der Waals surface area contributed by atoms with E-state index in [1.54, 1.807) is 6.07 Å². The monoisotopic (exact) mass is 528 g/mol. The highest BCUT2D eigenvalue weighted by atomic mass is 19.4. The number of pyridine rings is 1. The zero-order valence-corrected chi connectivity index (χ0v) is 21.6. The zero-order chi connectivity index (χ0) is 26.3. The van der Waals surface area contributed by atoms with Crippen molar-refractivity contribution in [3.63, 3.8) is 0 Å². The number of hydrogen-bond acceptors (Lipinski definition) is 5. The summed E-state index contributed by atoms with van der Waals surface area (Å²) in [5.74, 6) is 0.755. The number of amides is 1. The van der Waals surface area contributed by atoms with Gasteiger partial charge in [0.15, 0.2) is 0 Å². The average molecular weight is 529 g/mol. The molecule has 0 spiro atoms. The highest BCUT2D eigenvalue weighted by Crippen LogP contribution is 2.39. The highest BCUT2D eigenvalue weighted by molar-refractivity contribution is 5.78. The molecule has 1 aromatic carbocycles. The van der Waals surface area contributed by atoms with E-state index in [0.29, 0.717) is 43.0 Å². The number of nitrogens with zero attached hydrogens (tertiary/aromatic N) is 3. The van der Waals surface area contributed by atoms with E-state index < -0.39 is 11.7 Å². The lowest BCUT2D eigenvalue weighted by molar-refractivity contribution is -0.137. The number of aryl methyl sites for hydroxylation is 1. The molecule has 38 heavy (non-hydrogen) atoms. The van der Waals surface area contributed by atoms with Crippen LogP contribution in [0.1, 0.15) is 53.0 Å². The van der Waals surface area contributed by atoms with Crippen LogP contribution in [0.4, 0.5) is 13.2 Å². The van der Waals surface area contributed by atoms with E-state index in [9.17, 15) is 18.0 Å². The van der Waals surface area contributed by atoms with E-state index in [0.717, 1.165) is 63.6 Å². The topological polar surface area (TPSA) is 57.7 Å². The second-order valence-corrected chi connectivity index (χ2v) is 11.4. The van der Waals surface area contributed by atoms with Gasteiger partial charge in [-0.2, -0.15) is 13.2 Å². The lowest BCUT2D eigenvalue weighted by Gasteiger charge is -2.30. The molecule has 9 heteroatoms. The molecule has 4 heterocycles. The summed E-state index contributed by atoms with van der Waals surface area (Å²) in [4.78, 5) is 22.0. The summed E-state index contributed by atoms with van der Waals surface area (Å²) in [7, 11) is 0. The van der Waals surface area contributed by atoms with Crippen molar-refractivity contribution in [2.45, 2.75) is 62.8 Å². The SMILES string of the molecule is O=C(CN1CCc2ccc(C(F)(F)F)cc2C1)NC1CN(C2CCOC2)C[C@@H]1CC1CCc2ccncc21. The van der Waals surface area contributed by atoms with Gasteiger partial charge >= 0.3 is 6.18 Å². The Kier molecular flexibility index (Phi) is 7.18. The lowest BCUT2D eigenvalue weighted by atomic mass is 9.88. The van der Waals surface area contributed by atoms with Gasteiger partial charge < -0.3 is 10.1 Å². The van der Waals surface area contributed by atoms with Crippen LogP contribution in [0.15, 0.2) is 36.7 Å². The van der Waals surface area contributed by atoms with Crippen LogP contribution in [0.5, 0.6) is 0 Å². The van der Waals surface area contributed by atoms with Crippen LogP contribution in [-0.2, 0) is 35.1 Å². The normalized spacial score (nSPS) is 27.9. The van der Waals surface area contributed by atoms with E-state index in [1.165, 1.54) is 17.2 Å². The van der Waals surface area contributed by atoms with E-state index in [1.807, 2.05) is 17.3 Å². The summed E-state index contributed by atoms with van der Waals surface area (Å²) in [5, 5.41) is 3.33. The minimum absolute atomic E-state index is 0.0477. The van der Waals surface area contributed by atoms with Crippen molar-refractivity contribution >= 4 is 5.91 Å². The van der Waals surface area contributed by atoms with Crippen LogP contribution in [0.3, 0.4) is 0 Å². The van der Waals surface area contributed by atoms with Crippen molar-refractivity contribution in [1.29, 1.82) is 0 Å². The number of hydrogen-bond donors (Lipinski definition) is 1. The smallest absolute Gasteiger partial charge is 0.380 e. The first-order valence-electron chi connectivity index (χ1n) is 13.8. The molecular weight excluding hydrogens is 493 g/mol. The molecule has 2 fully saturated rings. The van der Waals surface area contributed by atoms with Gasteiger partial charge in [-0.1, -0.05) is 6.07 Å². The summed E-state index contributed by atoms with van der Waals surface area (Å²) < 4.78 is 45.3. The number of nitrogens with one attached hydrogen (secondary N) is 1. The van der Waals surface area contributed by atoms with Crippen molar-refractivity contribution in [1.82, 2.24) is 20.1 Å². The Hall–Kier alpha value is -2.49. The number of ether oxygens (including phenoxy) is 1. The number of alkyl halides is 3. The Morgan fingerprint density at radius 3 is 2.82 bits per heavy atom. The molecule has 0 radical (unpaired) electrons. The molecule has 2 aromatic rings. The van der Waals surface area contributed by atoms with Crippen LogP contribution in [0.2, 0.25) is 0 Å². The van der Waals surface area contributed by atoms with Gasteiger partial charge in [0, 0.05) is 57.3 Å². The molecule has 6 rings (SSSR count). The van der Waals surface area contributed by atoms with Gasteiger partial charge in [0.1, 0.15) is 0 Å². The van der Waals surface area contributed by atoms with E-state index >= 15 is 0 Å². The fourth-order valence-electron chi connectivity index (χ4n) is 6.92. The molecule has 0 bridgehead atoms. The van der Waals surface area contributed by atoms with Crippen molar-refractivity contribution in [2.75, 3.05) is 39.4 Å². The molecule has 4 aliphatic rings. The van der Waals surface area contributed by atoms with Crippen LogP contribution < -0.4 is 5.32 Å². The van der Waals surface area contributed by atoms with Crippen molar-refractivity contribution in [3.8, 4) is 0 Å². The zero-order valence-electron chi connectivity index (χ0n) is 21.6. The maximum Gasteiger partial charge on any atom is 0.416 e. The Balaban J connectivity index is 1.11. The third-order valence-corrected chi connectivity index (χ3v) is 8.97. The van der Waals surface area contributed by atoms with Gasteiger partial charge in [0.2, 0.25) is 5.91 Å². The average Bonchev–Trinajstić information content (AvgIpc) is 3.64. The molecule has 204 valence electrons. The van der Waals surface area contributed by atoms with E-state index in [2.05, 4.69) is 21.3 Å². The Bertz CT molecular complexity index is 1170. The molecule has 0 saturated carbocycles. The number of likely N-dealkylation sites (tertiary alicyclic amines) is 1. The molecule has 1 N–H and O–H groups in total. The number of benzene rings is 1. The molecule has 6 nitrogen and oxygen atoms in total. The maximum atomic E-state index is 13.2. The number of aromatic nitrogens is 1. The maximum absolute atomic E-state index is 13.2. The first-order valence-corrected chi connectivity index (χ1v) is 13.8. The molecule has 3 aliphatic heterocycles. The molecular formula is C29H35F3N4O2. The summed E-state index contributed by atoms with van der Waals surface area (Å²) in [5.41, 5.74) is 3.72. The van der Waals surface area contributed by atoms with Gasteiger partial charge in [-0.25, -0.2) is 0 Å². The molecule has 1 aromatic heterocycles. The quantitative estimate of drug-likeness (QED) is 0.619. The fourth-order valence-corrected chi connectivity index (χ4v) is 6.92. The number of carbonyl (C=O) groups excluding carboxylic acids is 1. The van der Waals surface area contributed by atoms with Crippen molar-refractivity contribution in [2.24, 2.45) is 5.92 Å². The molecule has 3 unspecified atom stereocenters. The van der Waals surface area contributed by atoms with Crippen LogP contribution in [0, 0.1) is 5.92 Å². The summed E-state index contributed by atoms with van der Waals surface area (Å²) in [6.45, 7) is 4.52. The van der Waals surface area contributed by atoms with Gasteiger partial charge in [-0.15, -0.1) is 0 Å². The van der Waals surface area contributed by atoms with Gasteiger partial charge in [0.05, 0.1) is 18.7 Å². The number of halogens is 3. The van der Waals surface area contributed by atoms with Crippen molar-refractivity contribution < 1.29 is 22.7 Å². The lowest BCUT2D eigenvalue weighted by Crippen LogP contribution is -2.47. The standard InChI is InChI=1S/C29H35F3N4O2/c30-29(31,32)24-4-3-19-6-9-35(14-22(19)12-24)17-28(37)34-27-16-36(25-7-10-38-18-25)15-23(27)11-21-2-1-20-5-8-33-13-26(20)21/h3-5,8,12-13,21,23,25,27H,1-2,6-7,9-11,14-18H2,(H,34,37)/t21?,23-,25?,27?/m0/s1. The largest absolute Gasteiger partial charge is 0.416 e. The fraction of sp³-hybridized carbons (Fsp3) is 0.586. The first kappa shape index (κ1) is 25.8. The summed E-state index contributed by atoms with van der Waals surface area (Å²) in [6, 6.07) is 6.55. The predicted octanol–water partition coefficient (Wildman–Crippen LogP) is 3.78. The Morgan fingerprint density at radius 2 is 2.00 bits per heavy atom. The van der Waals surface area contributed by atoms with Crippen LogP contribution in [-0.4, -0.2) is 72.2 Å². The number of rotatable bonds is 6. The van der Waals surface area contributed by atoms with Crippen LogP contribution in [0.25, 0.3) is 0 Å². The van der Waals surface area contributed by atoms with Gasteiger partial charge in [0.25, 0.3) is 0 Å². The molecule has 2 saturated heterocycles. The number of carbonyl (C=O) groups is 1. The van der Waals surface area contributed by atoms with Crippen LogP contribution >= 0.6 is 0 Å². The third kappa shape index (κ3) is 5.46. The second kappa shape index (κ2) is 10.6. The Labute approximate surface area is 221 Å². The minimum atomic E-state index is -4.36. The van der Waals surface area contributed by atoms with Gasteiger partial charge in [-0.3, -0.25) is 19.6 Å². The molecule has 1 aliphatic carbocycles. The molecule has 4 atom stereocenters. The number of fused-ring (bicyclic) bond motifs is 2. The minimum Gasteiger partial charge on any atom is -0.380 e. The Morgan fingerprint density at radius 1 is 1.11 bits per heavy atom. The van der Waals surface area contributed by atoms with Gasteiger partial charge in [-0.05, 0) is 84.4 Å². The third-order valence-electron chi connectivity index (χ3n) is 8.97. The first-order chi connectivity index (χ1) is 18.3. The second-order valence-electron chi connectivity index (χ2n) is 11.4. The summed E-state index contributed by atoms with van der Waals surface area (Å²) >= 11 is 0. The molecule has 1 amide bonds. The van der Waals surface area contributed by atoms with E-state index in [-0.39, 0.29) is 18.5 Å². The van der Waals surface area contributed by atoms with E-state index in [4.69, 9.17) is 4.74 Å². The van der Waals surface area contributed by atoms with Crippen molar-refractivity contribution in [3.05, 3.63) is 64.5 Å².